The lowest BCUT2D eigenvalue weighted by Crippen LogP contribution is -2.46. The second kappa shape index (κ2) is 11.7. The van der Waals surface area contributed by atoms with Crippen LogP contribution in [0.3, 0.4) is 0 Å². The van der Waals surface area contributed by atoms with E-state index in [0.29, 0.717) is 30.3 Å². The van der Waals surface area contributed by atoms with Gasteiger partial charge in [0.1, 0.15) is 12.6 Å². The predicted molar refractivity (Wildman–Crippen MR) is 135 cm³/mol. The summed E-state index contributed by atoms with van der Waals surface area (Å²) in [5.74, 6) is -0.818. The highest BCUT2D eigenvalue weighted by Crippen LogP contribution is 2.25. The van der Waals surface area contributed by atoms with Gasteiger partial charge in [-0.15, -0.1) is 11.3 Å². The molecule has 3 aromatic rings. The number of hydrogen-bond donors (Lipinski definition) is 2. The molecule has 0 radical (unpaired) electrons. The van der Waals surface area contributed by atoms with Gasteiger partial charge in [0.2, 0.25) is 5.91 Å². The first-order chi connectivity index (χ1) is 17.0. The maximum atomic E-state index is 13.1. The molecule has 1 saturated heterocycles. The fourth-order valence-electron chi connectivity index (χ4n) is 3.73. The van der Waals surface area contributed by atoms with Crippen molar-refractivity contribution in [2.45, 2.75) is 19.6 Å². The van der Waals surface area contributed by atoms with Gasteiger partial charge in [-0.3, -0.25) is 14.4 Å². The van der Waals surface area contributed by atoms with E-state index in [1.165, 1.54) is 11.3 Å². The van der Waals surface area contributed by atoms with Gasteiger partial charge < -0.3 is 25.0 Å². The van der Waals surface area contributed by atoms with E-state index in [1.54, 1.807) is 40.6 Å². The molecule has 0 spiro atoms. The van der Waals surface area contributed by atoms with E-state index in [1.807, 2.05) is 37.3 Å². The SMILES string of the molecule is Cc1cc(NC(=O)C(COCc2ccccc2)NC(=O)c2cccs2)ccc1N1CCOCC1=O. The average Bonchev–Trinajstić information content (AvgIpc) is 3.40. The minimum absolute atomic E-state index is 0.0111. The van der Waals surface area contributed by atoms with E-state index in [0.717, 1.165) is 16.8 Å². The quantitative estimate of drug-likeness (QED) is 0.476. The van der Waals surface area contributed by atoms with Crippen LogP contribution in [0.5, 0.6) is 0 Å². The fourth-order valence-corrected chi connectivity index (χ4v) is 4.35. The molecule has 1 atom stereocenters. The van der Waals surface area contributed by atoms with Gasteiger partial charge in [-0.2, -0.15) is 0 Å². The minimum Gasteiger partial charge on any atom is -0.374 e. The van der Waals surface area contributed by atoms with Crippen LogP contribution in [0.15, 0.2) is 66.0 Å². The number of thiophene rings is 1. The molecule has 0 saturated carbocycles. The topological polar surface area (TPSA) is 97.0 Å². The van der Waals surface area contributed by atoms with Gasteiger partial charge in [0.15, 0.2) is 0 Å². The van der Waals surface area contributed by atoms with Gasteiger partial charge >= 0.3 is 0 Å². The molecule has 0 aliphatic carbocycles. The Morgan fingerprint density at radius 1 is 1.14 bits per heavy atom. The Morgan fingerprint density at radius 3 is 2.69 bits per heavy atom. The van der Waals surface area contributed by atoms with Crippen molar-refractivity contribution in [3.8, 4) is 0 Å². The summed E-state index contributed by atoms with van der Waals surface area (Å²) >= 11 is 1.30. The Bertz CT molecular complexity index is 1170. The summed E-state index contributed by atoms with van der Waals surface area (Å²) in [7, 11) is 0. The van der Waals surface area contributed by atoms with E-state index < -0.39 is 11.9 Å². The van der Waals surface area contributed by atoms with Crippen LogP contribution in [0.1, 0.15) is 20.8 Å². The van der Waals surface area contributed by atoms with Crippen LogP contribution in [0, 0.1) is 6.92 Å². The maximum Gasteiger partial charge on any atom is 0.262 e. The number of carbonyl (C=O) groups excluding carboxylic acids is 3. The van der Waals surface area contributed by atoms with Crippen LogP contribution in [0.4, 0.5) is 11.4 Å². The molecule has 0 bridgehead atoms. The largest absolute Gasteiger partial charge is 0.374 e. The normalized spacial score (nSPS) is 14.4. The molecule has 4 rings (SSSR count). The third-order valence-corrected chi connectivity index (χ3v) is 6.37. The van der Waals surface area contributed by atoms with Crippen molar-refractivity contribution in [2.24, 2.45) is 0 Å². The van der Waals surface area contributed by atoms with Gasteiger partial charge in [-0.05, 0) is 47.7 Å². The van der Waals surface area contributed by atoms with Crippen LogP contribution in [-0.2, 0) is 25.7 Å². The number of ether oxygens (including phenoxy) is 2. The number of anilines is 2. The average molecular weight is 494 g/mol. The lowest BCUT2D eigenvalue weighted by molar-refractivity contribution is -0.125. The molecule has 3 amide bonds. The first kappa shape index (κ1) is 24.6. The van der Waals surface area contributed by atoms with Crippen LogP contribution < -0.4 is 15.5 Å². The number of aryl methyl sites for hydroxylation is 1. The molecule has 2 heterocycles. The zero-order valence-corrected chi connectivity index (χ0v) is 20.2. The number of nitrogens with one attached hydrogen (secondary N) is 2. The van der Waals surface area contributed by atoms with Crippen molar-refractivity contribution >= 4 is 40.4 Å². The molecular weight excluding hydrogens is 466 g/mol. The summed E-state index contributed by atoms with van der Waals surface area (Å²) in [5.41, 5.74) is 3.16. The van der Waals surface area contributed by atoms with Crippen LogP contribution in [0.25, 0.3) is 0 Å². The molecule has 1 unspecified atom stereocenters. The van der Waals surface area contributed by atoms with Crippen molar-refractivity contribution in [3.63, 3.8) is 0 Å². The number of hydrogen-bond acceptors (Lipinski definition) is 6. The van der Waals surface area contributed by atoms with Gasteiger partial charge in [0, 0.05) is 17.9 Å². The summed E-state index contributed by atoms with van der Waals surface area (Å²) in [4.78, 5) is 40.1. The molecule has 35 heavy (non-hydrogen) atoms. The summed E-state index contributed by atoms with van der Waals surface area (Å²) in [6.45, 7) is 3.25. The fraction of sp³-hybridized carbons (Fsp3) is 0.269. The van der Waals surface area contributed by atoms with Gasteiger partial charge in [0.25, 0.3) is 11.8 Å². The summed E-state index contributed by atoms with van der Waals surface area (Å²) < 4.78 is 11.0. The van der Waals surface area contributed by atoms with Gasteiger partial charge in [0.05, 0.1) is 24.7 Å². The second-order valence-electron chi connectivity index (χ2n) is 8.09. The highest BCUT2D eigenvalue weighted by atomic mass is 32.1. The lowest BCUT2D eigenvalue weighted by Gasteiger charge is -2.28. The van der Waals surface area contributed by atoms with Gasteiger partial charge in [-0.25, -0.2) is 0 Å². The van der Waals surface area contributed by atoms with E-state index >= 15 is 0 Å². The van der Waals surface area contributed by atoms with Crippen molar-refractivity contribution in [3.05, 3.63) is 82.0 Å². The van der Waals surface area contributed by atoms with Crippen molar-refractivity contribution in [2.75, 3.05) is 36.6 Å². The monoisotopic (exact) mass is 493 g/mol. The summed E-state index contributed by atoms with van der Waals surface area (Å²) in [5, 5.41) is 7.45. The Labute approximate surface area is 207 Å². The Morgan fingerprint density at radius 2 is 1.97 bits per heavy atom. The van der Waals surface area contributed by atoms with Crippen molar-refractivity contribution in [1.29, 1.82) is 0 Å². The Hall–Kier alpha value is -3.53. The first-order valence-electron chi connectivity index (χ1n) is 11.3. The zero-order valence-electron chi connectivity index (χ0n) is 19.4. The van der Waals surface area contributed by atoms with E-state index in [9.17, 15) is 14.4 Å². The maximum absolute atomic E-state index is 13.1. The van der Waals surface area contributed by atoms with E-state index in [2.05, 4.69) is 10.6 Å². The van der Waals surface area contributed by atoms with Crippen LogP contribution in [0.2, 0.25) is 0 Å². The van der Waals surface area contributed by atoms with Crippen molar-refractivity contribution < 1.29 is 23.9 Å². The van der Waals surface area contributed by atoms with Crippen molar-refractivity contribution in [1.82, 2.24) is 5.32 Å². The third kappa shape index (κ3) is 6.54. The first-order valence-corrected chi connectivity index (χ1v) is 12.1. The smallest absolute Gasteiger partial charge is 0.262 e. The highest BCUT2D eigenvalue weighted by molar-refractivity contribution is 7.12. The second-order valence-corrected chi connectivity index (χ2v) is 9.04. The predicted octanol–water partition coefficient (Wildman–Crippen LogP) is 3.37. The molecule has 8 nitrogen and oxygen atoms in total. The van der Waals surface area contributed by atoms with Crippen LogP contribution >= 0.6 is 11.3 Å². The highest BCUT2D eigenvalue weighted by Gasteiger charge is 2.24. The van der Waals surface area contributed by atoms with Gasteiger partial charge in [-0.1, -0.05) is 36.4 Å². The molecule has 1 aliphatic rings. The number of nitrogens with zero attached hydrogens (tertiary/aromatic N) is 1. The molecule has 182 valence electrons. The molecule has 1 aliphatic heterocycles. The van der Waals surface area contributed by atoms with Crippen LogP contribution in [-0.4, -0.2) is 50.1 Å². The van der Waals surface area contributed by atoms with E-state index in [-0.39, 0.29) is 25.0 Å². The number of carbonyl (C=O) groups is 3. The standard InChI is InChI=1S/C26H27N3O5S/c1-18-14-20(9-10-22(18)29-11-12-33-17-24(29)30)27-25(31)21(28-26(32)23-8-5-13-35-23)16-34-15-19-6-3-2-4-7-19/h2-10,13-14,21H,11-12,15-17H2,1H3,(H,27,31)(H,28,32). The van der Waals surface area contributed by atoms with E-state index in [4.69, 9.17) is 9.47 Å². The Kier molecular flexibility index (Phi) is 8.25. The number of benzene rings is 2. The number of rotatable bonds is 9. The molecule has 9 heteroatoms. The lowest BCUT2D eigenvalue weighted by atomic mass is 10.1. The molecule has 1 fully saturated rings. The molecule has 2 aromatic carbocycles. The Balaban J connectivity index is 1.43. The summed E-state index contributed by atoms with van der Waals surface area (Å²) in [6.07, 6.45) is 0. The summed E-state index contributed by atoms with van der Waals surface area (Å²) in [6, 6.07) is 17.6. The third-order valence-electron chi connectivity index (χ3n) is 5.50. The molecule has 2 N–H and O–H groups in total. The number of amides is 3. The minimum atomic E-state index is -0.894. The zero-order chi connectivity index (χ0) is 24.6. The number of morpholine rings is 1. The molecular formula is C26H27N3O5S. The molecule has 1 aromatic heterocycles.